The first-order valence-electron chi connectivity index (χ1n) is 9.67. The van der Waals surface area contributed by atoms with Crippen molar-refractivity contribution in [1.82, 2.24) is 24.8 Å². The standard InChI is InChI=1S/C19H21F2N7OS/c1-12-23-14(13-3-2-5-27(8-13)6-4-22)7-16(24-12)26-18-25-15(9-30-18)17(29)28-10-19(20,21)11-28/h7,9,13H,2-3,5-6,8,10-11H2,1H3,(H,23,24,25,26). The lowest BCUT2D eigenvalue weighted by molar-refractivity contribution is -0.113. The van der Waals surface area contributed by atoms with Crippen LogP contribution in [-0.2, 0) is 0 Å². The van der Waals surface area contributed by atoms with E-state index >= 15 is 0 Å². The largest absolute Gasteiger partial charge is 0.325 e. The van der Waals surface area contributed by atoms with E-state index in [-0.39, 0.29) is 11.6 Å². The molecule has 2 aliphatic heterocycles. The van der Waals surface area contributed by atoms with Gasteiger partial charge in [-0.1, -0.05) is 0 Å². The number of likely N-dealkylation sites (tertiary alicyclic amines) is 2. The number of aromatic nitrogens is 3. The lowest BCUT2D eigenvalue weighted by atomic mass is 9.94. The lowest BCUT2D eigenvalue weighted by Crippen LogP contribution is -2.58. The Bertz CT molecular complexity index is 982. The molecule has 0 spiro atoms. The molecule has 1 atom stereocenters. The van der Waals surface area contributed by atoms with Crippen molar-refractivity contribution >= 4 is 28.2 Å². The number of thiazole rings is 1. The number of amides is 1. The summed E-state index contributed by atoms with van der Waals surface area (Å²) < 4.78 is 26.0. The average molecular weight is 433 g/mol. The van der Waals surface area contributed by atoms with E-state index in [0.717, 1.165) is 36.5 Å². The van der Waals surface area contributed by atoms with Crippen LogP contribution in [0.2, 0.25) is 0 Å². The number of hydrogen-bond donors (Lipinski definition) is 1. The van der Waals surface area contributed by atoms with E-state index < -0.39 is 24.9 Å². The van der Waals surface area contributed by atoms with Crippen molar-refractivity contribution in [3.05, 3.63) is 28.7 Å². The number of nitriles is 1. The van der Waals surface area contributed by atoms with E-state index in [1.165, 1.54) is 11.3 Å². The van der Waals surface area contributed by atoms with Crippen LogP contribution in [0.5, 0.6) is 0 Å². The maximum absolute atomic E-state index is 13.0. The molecule has 8 nitrogen and oxygen atoms in total. The minimum absolute atomic E-state index is 0.142. The first kappa shape index (κ1) is 20.6. The van der Waals surface area contributed by atoms with Gasteiger partial charge >= 0.3 is 0 Å². The summed E-state index contributed by atoms with van der Waals surface area (Å²) in [5.74, 6) is -1.90. The third-order valence-corrected chi connectivity index (χ3v) is 5.92. The molecule has 0 aromatic carbocycles. The summed E-state index contributed by atoms with van der Waals surface area (Å²) in [5.41, 5.74) is 1.05. The van der Waals surface area contributed by atoms with E-state index in [9.17, 15) is 13.6 Å². The molecule has 0 aliphatic carbocycles. The van der Waals surface area contributed by atoms with Crippen molar-refractivity contribution in [2.45, 2.75) is 31.6 Å². The highest BCUT2D eigenvalue weighted by Crippen LogP contribution is 2.30. The van der Waals surface area contributed by atoms with Gasteiger partial charge in [-0.15, -0.1) is 11.3 Å². The predicted octanol–water partition coefficient (Wildman–Crippen LogP) is 2.78. The summed E-state index contributed by atoms with van der Waals surface area (Å²) in [7, 11) is 0. The minimum Gasteiger partial charge on any atom is -0.325 e. The van der Waals surface area contributed by atoms with E-state index in [1.807, 2.05) is 13.0 Å². The fraction of sp³-hybridized carbons (Fsp3) is 0.526. The Morgan fingerprint density at radius 2 is 2.20 bits per heavy atom. The molecule has 1 N–H and O–H groups in total. The number of carbonyl (C=O) groups is 1. The zero-order chi connectivity index (χ0) is 21.3. The summed E-state index contributed by atoms with van der Waals surface area (Å²) in [5, 5.41) is 14.1. The third kappa shape index (κ3) is 4.55. The molecule has 158 valence electrons. The topological polar surface area (TPSA) is 98.0 Å². The number of rotatable bonds is 5. The molecule has 0 radical (unpaired) electrons. The van der Waals surface area contributed by atoms with Crippen LogP contribution in [0, 0.1) is 18.3 Å². The van der Waals surface area contributed by atoms with Gasteiger partial charge in [-0.2, -0.15) is 5.26 Å². The number of piperidine rings is 1. The van der Waals surface area contributed by atoms with Crippen molar-refractivity contribution in [1.29, 1.82) is 5.26 Å². The molecule has 4 heterocycles. The second-order valence-corrected chi connectivity index (χ2v) is 8.50. The van der Waals surface area contributed by atoms with Gasteiger partial charge < -0.3 is 10.2 Å². The Labute approximate surface area is 176 Å². The van der Waals surface area contributed by atoms with Crippen molar-refractivity contribution in [2.24, 2.45) is 0 Å². The number of nitrogens with one attached hydrogen (secondary N) is 1. The first-order chi connectivity index (χ1) is 14.3. The number of hydrogen-bond acceptors (Lipinski definition) is 8. The summed E-state index contributed by atoms with van der Waals surface area (Å²) in [6.07, 6.45) is 2.00. The maximum atomic E-state index is 13.0. The summed E-state index contributed by atoms with van der Waals surface area (Å²) in [6, 6.07) is 4.07. The van der Waals surface area contributed by atoms with Gasteiger partial charge in [0.2, 0.25) is 0 Å². The Balaban J connectivity index is 1.45. The molecule has 2 aliphatic rings. The van der Waals surface area contributed by atoms with Crippen LogP contribution in [-0.4, -0.2) is 69.3 Å². The molecular formula is C19H21F2N7OS. The Hall–Kier alpha value is -2.71. The molecule has 0 saturated carbocycles. The zero-order valence-electron chi connectivity index (χ0n) is 16.4. The van der Waals surface area contributed by atoms with Gasteiger partial charge in [0, 0.05) is 23.9 Å². The average Bonchev–Trinajstić information content (AvgIpc) is 3.14. The maximum Gasteiger partial charge on any atom is 0.282 e. The van der Waals surface area contributed by atoms with Gasteiger partial charge in [0.05, 0.1) is 31.4 Å². The molecule has 2 fully saturated rings. The minimum atomic E-state index is -2.80. The fourth-order valence-electron chi connectivity index (χ4n) is 3.76. The smallest absolute Gasteiger partial charge is 0.282 e. The van der Waals surface area contributed by atoms with Crippen molar-refractivity contribution in [3.8, 4) is 6.07 Å². The molecule has 2 aromatic rings. The van der Waals surface area contributed by atoms with E-state index in [4.69, 9.17) is 5.26 Å². The Morgan fingerprint density at radius 3 is 2.93 bits per heavy atom. The van der Waals surface area contributed by atoms with Crippen LogP contribution >= 0.6 is 11.3 Å². The van der Waals surface area contributed by atoms with E-state index in [0.29, 0.717) is 23.3 Å². The van der Waals surface area contributed by atoms with Crippen molar-refractivity contribution in [3.63, 3.8) is 0 Å². The summed E-state index contributed by atoms with van der Waals surface area (Å²) in [4.78, 5) is 28.6. The van der Waals surface area contributed by atoms with Crippen LogP contribution in [0.1, 0.15) is 40.8 Å². The summed E-state index contributed by atoms with van der Waals surface area (Å²) in [6.45, 7) is 2.78. The molecule has 2 aromatic heterocycles. The molecule has 30 heavy (non-hydrogen) atoms. The van der Waals surface area contributed by atoms with Crippen LogP contribution in [0.15, 0.2) is 11.4 Å². The van der Waals surface area contributed by atoms with Gasteiger partial charge in [-0.05, 0) is 26.3 Å². The number of nitrogens with zero attached hydrogens (tertiary/aromatic N) is 6. The van der Waals surface area contributed by atoms with Gasteiger partial charge in [-0.3, -0.25) is 9.69 Å². The van der Waals surface area contributed by atoms with Crippen LogP contribution in [0.25, 0.3) is 0 Å². The highest BCUT2D eigenvalue weighted by molar-refractivity contribution is 7.14. The molecule has 0 bridgehead atoms. The molecule has 4 rings (SSSR count). The second kappa shape index (κ2) is 8.20. The predicted molar refractivity (Wildman–Crippen MR) is 107 cm³/mol. The van der Waals surface area contributed by atoms with Crippen LogP contribution < -0.4 is 5.32 Å². The summed E-state index contributed by atoms with van der Waals surface area (Å²) >= 11 is 1.22. The molecular weight excluding hydrogens is 412 g/mol. The number of anilines is 2. The molecule has 1 unspecified atom stereocenters. The van der Waals surface area contributed by atoms with Crippen molar-refractivity contribution < 1.29 is 13.6 Å². The van der Waals surface area contributed by atoms with Crippen molar-refractivity contribution in [2.75, 3.05) is 38.0 Å². The van der Waals surface area contributed by atoms with Gasteiger partial charge in [0.25, 0.3) is 11.8 Å². The number of halogens is 2. The number of carbonyl (C=O) groups excluding carboxylic acids is 1. The molecule has 11 heteroatoms. The Morgan fingerprint density at radius 1 is 1.40 bits per heavy atom. The molecule has 2 saturated heterocycles. The third-order valence-electron chi connectivity index (χ3n) is 5.17. The highest BCUT2D eigenvalue weighted by Gasteiger charge is 2.46. The fourth-order valence-corrected chi connectivity index (χ4v) is 4.45. The van der Waals surface area contributed by atoms with Crippen LogP contribution in [0.4, 0.5) is 19.7 Å². The van der Waals surface area contributed by atoms with Crippen LogP contribution in [0.3, 0.4) is 0 Å². The first-order valence-corrected chi connectivity index (χ1v) is 10.6. The van der Waals surface area contributed by atoms with Gasteiger partial charge in [0.1, 0.15) is 17.3 Å². The lowest BCUT2D eigenvalue weighted by Gasteiger charge is -2.38. The molecule has 1 amide bonds. The monoisotopic (exact) mass is 433 g/mol. The Kier molecular flexibility index (Phi) is 5.62. The van der Waals surface area contributed by atoms with E-state index in [2.05, 4.69) is 31.2 Å². The van der Waals surface area contributed by atoms with Gasteiger partial charge in [0.15, 0.2) is 5.13 Å². The number of aryl methyl sites for hydroxylation is 1. The highest BCUT2D eigenvalue weighted by atomic mass is 32.1. The second-order valence-electron chi connectivity index (χ2n) is 7.64. The normalized spacial score (nSPS) is 21.0. The quantitative estimate of drug-likeness (QED) is 0.724. The number of alkyl halides is 2. The zero-order valence-corrected chi connectivity index (χ0v) is 17.3. The van der Waals surface area contributed by atoms with Gasteiger partial charge in [-0.25, -0.2) is 23.7 Å². The van der Waals surface area contributed by atoms with E-state index in [1.54, 1.807) is 5.38 Å². The SMILES string of the molecule is Cc1nc(Nc2nc(C(=O)N3CC(F)(F)C3)cs2)cc(C2CCCN(CC#N)C2)n1.